The highest BCUT2D eigenvalue weighted by molar-refractivity contribution is 4.90. The Balaban J connectivity index is 2.05. The van der Waals surface area contributed by atoms with E-state index < -0.39 is 0 Å². The summed E-state index contributed by atoms with van der Waals surface area (Å²) in [7, 11) is 0. The Kier molecular flexibility index (Phi) is 5.77. The van der Waals surface area contributed by atoms with Gasteiger partial charge in [-0.2, -0.15) is 0 Å². The van der Waals surface area contributed by atoms with Crippen molar-refractivity contribution in [3.05, 3.63) is 0 Å². The van der Waals surface area contributed by atoms with Gasteiger partial charge in [-0.05, 0) is 43.6 Å². The fraction of sp³-hybridized carbons (Fsp3) is 1.00. The molecular formula is C14H29NO. The summed E-state index contributed by atoms with van der Waals surface area (Å²) in [4.78, 5) is 0. The smallest absolute Gasteiger partial charge is 0.0431 e. The number of nitrogens with one attached hydrogen (secondary N) is 1. The van der Waals surface area contributed by atoms with Gasteiger partial charge < -0.3 is 10.4 Å². The van der Waals surface area contributed by atoms with Crippen LogP contribution in [-0.2, 0) is 0 Å². The maximum absolute atomic E-state index is 8.67. The molecule has 16 heavy (non-hydrogen) atoms. The maximum atomic E-state index is 8.67. The monoisotopic (exact) mass is 227 g/mol. The van der Waals surface area contributed by atoms with Gasteiger partial charge >= 0.3 is 0 Å². The Morgan fingerprint density at radius 1 is 1.12 bits per heavy atom. The lowest BCUT2D eigenvalue weighted by Gasteiger charge is -2.18. The van der Waals surface area contributed by atoms with E-state index in [1.54, 1.807) is 0 Å². The summed E-state index contributed by atoms with van der Waals surface area (Å²) in [5, 5.41) is 12.4. The van der Waals surface area contributed by atoms with Gasteiger partial charge in [0.1, 0.15) is 0 Å². The van der Waals surface area contributed by atoms with Crippen molar-refractivity contribution in [1.82, 2.24) is 5.32 Å². The van der Waals surface area contributed by atoms with Crippen molar-refractivity contribution in [1.29, 1.82) is 0 Å². The average molecular weight is 227 g/mol. The Labute approximate surface area is 101 Å². The van der Waals surface area contributed by atoms with Gasteiger partial charge in [0.15, 0.2) is 0 Å². The maximum Gasteiger partial charge on any atom is 0.0431 e. The lowest BCUT2D eigenvalue weighted by Crippen LogP contribution is -2.32. The number of unbranched alkanes of at least 4 members (excludes halogenated alkanes) is 3. The zero-order valence-electron chi connectivity index (χ0n) is 11.3. The second kappa shape index (κ2) is 6.61. The van der Waals surface area contributed by atoms with Crippen LogP contribution in [0.3, 0.4) is 0 Å². The van der Waals surface area contributed by atoms with Crippen molar-refractivity contribution in [3.8, 4) is 0 Å². The molecular weight excluding hydrogens is 198 g/mol. The second-order valence-corrected chi connectivity index (χ2v) is 6.25. The minimum atomic E-state index is 0.348. The molecule has 2 atom stereocenters. The predicted octanol–water partition coefficient (Wildman–Crippen LogP) is 2.95. The highest BCUT2D eigenvalue weighted by Crippen LogP contribution is 2.40. The molecule has 0 aromatic carbocycles. The van der Waals surface area contributed by atoms with Gasteiger partial charge in [0, 0.05) is 12.6 Å². The van der Waals surface area contributed by atoms with Crippen LogP contribution in [-0.4, -0.2) is 24.3 Å². The highest BCUT2D eigenvalue weighted by atomic mass is 16.2. The molecule has 0 saturated heterocycles. The van der Waals surface area contributed by atoms with Crippen LogP contribution in [0.1, 0.15) is 59.3 Å². The van der Waals surface area contributed by atoms with Crippen molar-refractivity contribution in [2.45, 2.75) is 65.3 Å². The van der Waals surface area contributed by atoms with E-state index in [0.29, 0.717) is 12.0 Å². The molecule has 2 unspecified atom stereocenters. The van der Waals surface area contributed by atoms with Gasteiger partial charge in [0.2, 0.25) is 0 Å². The van der Waals surface area contributed by atoms with Crippen LogP contribution in [0.4, 0.5) is 0 Å². The molecule has 1 aliphatic carbocycles. The van der Waals surface area contributed by atoms with E-state index in [4.69, 9.17) is 5.11 Å². The van der Waals surface area contributed by atoms with E-state index in [-0.39, 0.29) is 0 Å². The van der Waals surface area contributed by atoms with Crippen LogP contribution in [0.25, 0.3) is 0 Å². The standard InChI is InChI=1S/C14H29NO/c1-12-10-14(2,3)11-13(12)15-8-6-4-5-7-9-16/h12-13,15-16H,4-11H2,1-3H3. The minimum absolute atomic E-state index is 0.348. The summed E-state index contributed by atoms with van der Waals surface area (Å²) in [5.74, 6) is 0.826. The fourth-order valence-electron chi connectivity index (χ4n) is 3.04. The number of rotatable bonds is 7. The van der Waals surface area contributed by atoms with E-state index in [0.717, 1.165) is 24.9 Å². The van der Waals surface area contributed by atoms with Crippen LogP contribution in [0.2, 0.25) is 0 Å². The lowest BCUT2D eigenvalue weighted by atomic mass is 9.91. The molecule has 1 aliphatic rings. The normalized spacial score (nSPS) is 28.5. The molecule has 96 valence electrons. The second-order valence-electron chi connectivity index (χ2n) is 6.25. The molecule has 0 aromatic heterocycles. The van der Waals surface area contributed by atoms with Gasteiger partial charge in [-0.15, -0.1) is 0 Å². The summed E-state index contributed by atoms with van der Waals surface area (Å²) < 4.78 is 0. The molecule has 2 heteroatoms. The first kappa shape index (κ1) is 14.0. The van der Waals surface area contributed by atoms with Crippen molar-refractivity contribution < 1.29 is 5.11 Å². The molecule has 2 N–H and O–H groups in total. The summed E-state index contributed by atoms with van der Waals surface area (Å²) in [6, 6.07) is 0.729. The van der Waals surface area contributed by atoms with E-state index in [1.165, 1.54) is 32.1 Å². The van der Waals surface area contributed by atoms with E-state index in [9.17, 15) is 0 Å². The molecule has 0 aromatic rings. The molecule has 2 nitrogen and oxygen atoms in total. The van der Waals surface area contributed by atoms with Crippen LogP contribution in [0.15, 0.2) is 0 Å². The first-order chi connectivity index (χ1) is 7.55. The van der Waals surface area contributed by atoms with E-state index in [1.807, 2.05) is 0 Å². The lowest BCUT2D eigenvalue weighted by molar-refractivity contribution is 0.282. The zero-order chi connectivity index (χ0) is 12.0. The van der Waals surface area contributed by atoms with Crippen LogP contribution in [0.5, 0.6) is 0 Å². The summed E-state index contributed by atoms with van der Waals surface area (Å²) >= 11 is 0. The SMILES string of the molecule is CC1CC(C)(C)CC1NCCCCCCO. The van der Waals surface area contributed by atoms with Crippen LogP contribution in [0, 0.1) is 11.3 Å². The first-order valence-electron chi connectivity index (χ1n) is 6.89. The number of aliphatic hydroxyl groups excluding tert-OH is 1. The van der Waals surface area contributed by atoms with Crippen molar-refractivity contribution in [3.63, 3.8) is 0 Å². The molecule has 1 fully saturated rings. The molecule has 0 heterocycles. The van der Waals surface area contributed by atoms with Gasteiger partial charge in [0.05, 0.1) is 0 Å². The Morgan fingerprint density at radius 3 is 2.38 bits per heavy atom. The fourth-order valence-corrected chi connectivity index (χ4v) is 3.04. The Bertz CT molecular complexity index is 191. The van der Waals surface area contributed by atoms with Crippen LogP contribution >= 0.6 is 0 Å². The molecule has 0 spiro atoms. The number of hydrogen-bond acceptors (Lipinski definition) is 2. The molecule has 0 aliphatic heterocycles. The topological polar surface area (TPSA) is 32.3 Å². The predicted molar refractivity (Wildman–Crippen MR) is 69.5 cm³/mol. The third-order valence-electron chi connectivity index (χ3n) is 3.83. The highest BCUT2D eigenvalue weighted by Gasteiger charge is 2.35. The van der Waals surface area contributed by atoms with Gasteiger partial charge in [-0.25, -0.2) is 0 Å². The van der Waals surface area contributed by atoms with Gasteiger partial charge in [-0.1, -0.05) is 33.6 Å². The quantitative estimate of drug-likeness (QED) is 0.655. The van der Waals surface area contributed by atoms with Crippen molar-refractivity contribution in [2.24, 2.45) is 11.3 Å². The summed E-state index contributed by atoms with van der Waals surface area (Å²) in [6.45, 7) is 8.63. The molecule has 1 rings (SSSR count). The minimum Gasteiger partial charge on any atom is -0.396 e. The average Bonchev–Trinajstić information content (AvgIpc) is 2.45. The summed E-state index contributed by atoms with van der Waals surface area (Å²) in [6.07, 6.45) is 7.32. The Hall–Kier alpha value is -0.0800. The summed E-state index contributed by atoms with van der Waals surface area (Å²) in [5.41, 5.74) is 0.536. The number of hydrogen-bond donors (Lipinski definition) is 2. The molecule has 0 radical (unpaired) electrons. The molecule has 0 amide bonds. The van der Waals surface area contributed by atoms with E-state index in [2.05, 4.69) is 26.1 Å². The van der Waals surface area contributed by atoms with Crippen LogP contribution < -0.4 is 5.32 Å². The van der Waals surface area contributed by atoms with Crippen molar-refractivity contribution >= 4 is 0 Å². The van der Waals surface area contributed by atoms with Gasteiger partial charge in [-0.3, -0.25) is 0 Å². The first-order valence-corrected chi connectivity index (χ1v) is 6.89. The third-order valence-corrected chi connectivity index (χ3v) is 3.83. The zero-order valence-corrected chi connectivity index (χ0v) is 11.3. The molecule has 0 bridgehead atoms. The van der Waals surface area contributed by atoms with E-state index >= 15 is 0 Å². The largest absolute Gasteiger partial charge is 0.396 e. The third kappa shape index (κ3) is 4.84. The Morgan fingerprint density at radius 2 is 1.81 bits per heavy atom. The van der Waals surface area contributed by atoms with Crippen molar-refractivity contribution in [2.75, 3.05) is 13.2 Å². The van der Waals surface area contributed by atoms with Gasteiger partial charge in [0.25, 0.3) is 0 Å². The number of aliphatic hydroxyl groups is 1. The molecule has 1 saturated carbocycles.